The van der Waals surface area contributed by atoms with Gasteiger partial charge in [0.15, 0.2) is 0 Å². The number of nitro benzene ring substituents is 3. The van der Waals surface area contributed by atoms with Gasteiger partial charge in [-0.25, -0.2) is 0 Å². The molecule has 11 nitrogen and oxygen atoms in total. The van der Waals surface area contributed by atoms with Gasteiger partial charge >= 0.3 is 17.1 Å². The highest BCUT2D eigenvalue weighted by molar-refractivity contribution is 5.65. The summed E-state index contributed by atoms with van der Waals surface area (Å²) in [6, 6.07) is 10.2. The van der Waals surface area contributed by atoms with Crippen LogP contribution in [0.2, 0.25) is 0 Å². The minimum atomic E-state index is -0.948. The molecule has 11 heteroatoms. The van der Waals surface area contributed by atoms with Crippen LogP contribution in [-0.4, -0.2) is 26.4 Å². The van der Waals surface area contributed by atoms with Gasteiger partial charge in [-0.05, 0) is 5.56 Å². The molecular formula is C14H10N4O7. The zero-order chi connectivity index (χ0) is 18.1. The molecule has 0 aliphatic carbocycles. The molecule has 0 bridgehead atoms. The molecule has 0 N–H and O–H groups in total. The third-order valence-electron chi connectivity index (χ3n) is 3.60. The third kappa shape index (κ3) is 3.21. The van der Waals surface area contributed by atoms with Gasteiger partial charge in [-0.15, -0.1) is 5.06 Å². The molecule has 1 heterocycles. The minimum Gasteiger partial charge on any atom is -0.390 e. The van der Waals surface area contributed by atoms with Gasteiger partial charge in [0.2, 0.25) is 0 Å². The van der Waals surface area contributed by atoms with Gasteiger partial charge in [-0.1, -0.05) is 30.3 Å². The predicted octanol–water partition coefficient (Wildman–Crippen LogP) is 2.76. The second-order valence-electron chi connectivity index (χ2n) is 5.20. The number of hydrogen-bond donors (Lipinski definition) is 0. The second-order valence-corrected chi connectivity index (χ2v) is 5.20. The average molecular weight is 346 g/mol. The largest absolute Gasteiger partial charge is 0.390 e. The van der Waals surface area contributed by atoms with Crippen LogP contribution >= 0.6 is 0 Å². The predicted molar refractivity (Wildman–Crippen MR) is 82.9 cm³/mol. The zero-order valence-corrected chi connectivity index (χ0v) is 12.5. The molecule has 2 aromatic carbocycles. The van der Waals surface area contributed by atoms with Crippen LogP contribution in [0, 0.1) is 30.3 Å². The van der Waals surface area contributed by atoms with Crippen molar-refractivity contribution in [1.82, 2.24) is 5.06 Å². The zero-order valence-electron chi connectivity index (χ0n) is 12.5. The SMILES string of the molecule is O=[N+]([O-])c1cc([N+](=O)[O-])c(ON2CC2c2ccccc2)c([N+](=O)[O-])c1. The maximum atomic E-state index is 11.2. The molecular weight excluding hydrogens is 336 g/mol. The van der Waals surface area contributed by atoms with E-state index in [0.29, 0.717) is 18.7 Å². The van der Waals surface area contributed by atoms with E-state index in [1.807, 2.05) is 30.3 Å². The van der Waals surface area contributed by atoms with Gasteiger partial charge in [0.1, 0.15) is 0 Å². The monoisotopic (exact) mass is 346 g/mol. The Balaban J connectivity index is 1.96. The van der Waals surface area contributed by atoms with E-state index < -0.39 is 37.6 Å². The van der Waals surface area contributed by atoms with E-state index in [-0.39, 0.29) is 6.04 Å². The van der Waals surface area contributed by atoms with Crippen molar-refractivity contribution in [3.63, 3.8) is 0 Å². The Labute approximate surface area is 139 Å². The Hall–Kier alpha value is -3.60. The van der Waals surface area contributed by atoms with E-state index in [4.69, 9.17) is 4.84 Å². The first-order chi connectivity index (χ1) is 11.9. The van der Waals surface area contributed by atoms with Crippen LogP contribution < -0.4 is 4.84 Å². The molecule has 0 radical (unpaired) electrons. The number of benzene rings is 2. The van der Waals surface area contributed by atoms with Crippen LogP contribution in [0.5, 0.6) is 5.75 Å². The number of nitro groups is 3. The second kappa shape index (κ2) is 6.13. The van der Waals surface area contributed by atoms with Gasteiger partial charge in [-0.2, -0.15) is 0 Å². The summed E-state index contributed by atoms with van der Waals surface area (Å²) in [5.41, 5.74) is -1.54. The van der Waals surface area contributed by atoms with Crippen LogP contribution in [0.15, 0.2) is 42.5 Å². The summed E-state index contributed by atoms with van der Waals surface area (Å²) in [5, 5.41) is 34.5. The fourth-order valence-corrected chi connectivity index (χ4v) is 2.34. The maximum absolute atomic E-state index is 11.2. The first-order valence-corrected chi connectivity index (χ1v) is 6.99. The highest BCUT2D eigenvalue weighted by atomic mass is 16.7. The van der Waals surface area contributed by atoms with Crippen molar-refractivity contribution in [3.05, 3.63) is 78.4 Å². The molecule has 0 amide bonds. The van der Waals surface area contributed by atoms with E-state index >= 15 is 0 Å². The van der Waals surface area contributed by atoms with Crippen molar-refractivity contribution in [2.45, 2.75) is 6.04 Å². The minimum absolute atomic E-state index is 0.199. The van der Waals surface area contributed by atoms with E-state index in [2.05, 4.69) is 0 Å². The normalized spacial score (nSPS) is 18.4. The van der Waals surface area contributed by atoms with Crippen LogP contribution in [0.4, 0.5) is 17.1 Å². The summed E-state index contributed by atoms with van der Waals surface area (Å²) in [6.07, 6.45) is 0. The summed E-state index contributed by atoms with van der Waals surface area (Å²) in [7, 11) is 0. The van der Waals surface area contributed by atoms with E-state index in [1.54, 1.807) is 0 Å². The maximum Gasteiger partial charge on any atom is 0.327 e. The highest BCUT2D eigenvalue weighted by Crippen LogP contribution is 2.44. The summed E-state index contributed by atoms with van der Waals surface area (Å²) in [4.78, 5) is 35.7. The smallest absolute Gasteiger partial charge is 0.327 e. The van der Waals surface area contributed by atoms with Crippen LogP contribution in [0.1, 0.15) is 11.6 Å². The van der Waals surface area contributed by atoms with Crippen LogP contribution in [0.3, 0.4) is 0 Å². The van der Waals surface area contributed by atoms with Crippen molar-refractivity contribution in [3.8, 4) is 5.75 Å². The molecule has 1 fully saturated rings. The van der Waals surface area contributed by atoms with E-state index in [0.717, 1.165) is 5.56 Å². The van der Waals surface area contributed by atoms with E-state index in [9.17, 15) is 30.3 Å². The molecule has 0 spiro atoms. The Bertz CT molecular complexity index is 836. The number of nitrogens with zero attached hydrogens (tertiary/aromatic N) is 4. The van der Waals surface area contributed by atoms with Gasteiger partial charge < -0.3 is 4.84 Å². The van der Waals surface area contributed by atoms with Gasteiger partial charge in [0, 0.05) is 0 Å². The molecule has 2 aromatic rings. The lowest BCUT2D eigenvalue weighted by Crippen LogP contribution is -2.09. The first kappa shape index (κ1) is 16.3. The van der Waals surface area contributed by atoms with Crippen molar-refractivity contribution in [2.75, 3.05) is 6.54 Å². The van der Waals surface area contributed by atoms with Crippen LogP contribution in [-0.2, 0) is 0 Å². The highest BCUT2D eigenvalue weighted by Gasteiger charge is 2.42. The molecule has 0 saturated carbocycles. The fourth-order valence-electron chi connectivity index (χ4n) is 2.34. The number of hydroxylamine groups is 2. The number of non-ortho nitro benzene ring substituents is 1. The Morgan fingerprint density at radius 1 is 0.920 bits per heavy atom. The summed E-state index contributed by atoms with van der Waals surface area (Å²) < 4.78 is 0. The topological polar surface area (TPSA) is 142 Å². The lowest BCUT2D eigenvalue weighted by Gasteiger charge is -2.08. The van der Waals surface area contributed by atoms with Gasteiger partial charge in [-0.3, -0.25) is 30.3 Å². The lowest BCUT2D eigenvalue weighted by molar-refractivity contribution is -0.405. The quantitative estimate of drug-likeness (QED) is 0.441. The molecule has 1 aliphatic heterocycles. The fraction of sp³-hybridized carbons (Fsp3) is 0.143. The Kier molecular flexibility index (Phi) is 3.99. The molecule has 25 heavy (non-hydrogen) atoms. The van der Waals surface area contributed by atoms with Crippen molar-refractivity contribution < 1.29 is 19.6 Å². The number of hydrogen-bond acceptors (Lipinski definition) is 8. The summed E-state index contributed by atoms with van der Waals surface area (Å²) in [6.45, 7) is 0.384. The summed E-state index contributed by atoms with van der Waals surface area (Å²) in [5.74, 6) is -0.626. The third-order valence-corrected chi connectivity index (χ3v) is 3.60. The van der Waals surface area contributed by atoms with Crippen LogP contribution in [0.25, 0.3) is 0 Å². The van der Waals surface area contributed by atoms with E-state index in [1.165, 1.54) is 5.06 Å². The summed E-state index contributed by atoms with van der Waals surface area (Å²) >= 11 is 0. The van der Waals surface area contributed by atoms with Crippen molar-refractivity contribution in [2.24, 2.45) is 0 Å². The molecule has 3 rings (SSSR count). The van der Waals surface area contributed by atoms with Crippen molar-refractivity contribution in [1.29, 1.82) is 0 Å². The Morgan fingerprint density at radius 3 is 1.96 bits per heavy atom. The molecule has 1 aliphatic rings. The average Bonchev–Trinajstić information content (AvgIpc) is 3.34. The first-order valence-electron chi connectivity index (χ1n) is 6.99. The standard InChI is InChI=1S/C14H10N4O7/c19-16(20)10-6-11(17(21)22)14(12(7-10)18(23)24)25-15-8-13(15)9-4-2-1-3-5-9/h1-7,13H,8H2. The number of rotatable bonds is 6. The molecule has 1 saturated heterocycles. The molecule has 2 unspecified atom stereocenters. The van der Waals surface area contributed by atoms with Gasteiger partial charge in [0.25, 0.3) is 5.69 Å². The lowest BCUT2D eigenvalue weighted by atomic mass is 10.2. The van der Waals surface area contributed by atoms with Gasteiger partial charge in [0.05, 0.1) is 39.5 Å². The van der Waals surface area contributed by atoms with Crippen molar-refractivity contribution >= 4 is 17.1 Å². The Morgan fingerprint density at radius 2 is 1.48 bits per heavy atom. The molecule has 2 atom stereocenters. The molecule has 0 aromatic heterocycles. The molecule has 128 valence electrons.